The number of anilines is 1. The Morgan fingerprint density at radius 1 is 1.10 bits per heavy atom. The average Bonchev–Trinajstić information content (AvgIpc) is 3.11. The summed E-state index contributed by atoms with van der Waals surface area (Å²) in [4.78, 5) is 25.8. The molecule has 0 aliphatic heterocycles. The van der Waals surface area contributed by atoms with Crippen LogP contribution >= 0.6 is 34.5 Å². The Labute approximate surface area is 194 Å². The van der Waals surface area contributed by atoms with Crippen LogP contribution in [0.2, 0.25) is 10.0 Å². The maximum absolute atomic E-state index is 12.9. The quantitative estimate of drug-likeness (QED) is 0.374. The minimum Gasteiger partial charge on any atom is -0.494 e. The molecule has 5 nitrogen and oxygen atoms in total. The van der Waals surface area contributed by atoms with Gasteiger partial charge in [-0.3, -0.25) is 4.79 Å². The van der Waals surface area contributed by atoms with E-state index in [-0.39, 0.29) is 17.6 Å². The molecule has 0 bridgehead atoms. The van der Waals surface area contributed by atoms with Crippen molar-refractivity contribution in [1.29, 1.82) is 0 Å². The number of halogens is 2. The fourth-order valence-corrected chi connectivity index (χ4v) is 4.35. The summed E-state index contributed by atoms with van der Waals surface area (Å²) in [5, 5.41) is 5.84. The smallest absolute Gasteiger partial charge is 0.342 e. The molecule has 1 heterocycles. The predicted octanol–water partition coefficient (Wildman–Crippen LogP) is 6.94. The fourth-order valence-electron chi connectivity index (χ4n) is 2.90. The second kappa shape index (κ2) is 10.2. The largest absolute Gasteiger partial charge is 0.494 e. The maximum atomic E-state index is 12.9. The van der Waals surface area contributed by atoms with Crippen LogP contribution in [0.5, 0.6) is 5.75 Å². The number of hydrogen-bond acceptors (Lipinski definition) is 5. The molecule has 0 fully saturated rings. The first-order valence-corrected chi connectivity index (χ1v) is 11.3. The summed E-state index contributed by atoms with van der Waals surface area (Å²) < 4.78 is 10.9. The second-order valence-electron chi connectivity index (χ2n) is 6.85. The summed E-state index contributed by atoms with van der Waals surface area (Å²) in [6, 6.07) is 11.9. The number of hydrogen-bond donors (Lipinski definition) is 1. The molecule has 0 aliphatic carbocycles. The lowest BCUT2D eigenvalue weighted by Crippen LogP contribution is -2.17. The highest BCUT2D eigenvalue weighted by molar-refractivity contribution is 7.15. The van der Waals surface area contributed by atoms with Crippen molar-refractivity contribution in [2.45, 2.75) is 26.9 Å². The third kappa shape index (κ3) is 5.58. The van der Waals surface area contributed by atoms with Crippen molar-refractivity contribution in [2.75, 3.05) is 11.9 Å². The molecular weight excluding hydrogens is 457 g/mol. The molecular formula is C23H21Cl2NO4S. The van der Waals surface area contributed by atoms with E-state index in [9.17, 15) is 9.59 Å². The van der Waals surface area contributed by atoms with Gasteiger partial charge < -0.3 is 14.8 Å². The number of thiophene rings is 1. The first-order valence-electron chi connectivity index (χ1n) is 9.62. The number of nitrogens with one attached hydrogen (secondary N) is 1. The van der Waals surface area contributed by atoms with Gasteiger partial charge in [0.1, 0.15) is 16.3 Å². The van der Waals surface area contributed by atoms with Crippen LogP contribution in [0.15, 0.2) is 47.8 Å². The van der Waals surface area contributed by atoms with E-state index >= 15 is 0 Å². The first kappa shape index (κ1) is 23.1. The van der Waals surface area contributed by atoms with Gasteiger partial charge in [0, 0.05) is 32.1 Å². The van der Waals surface area contributed by atoms with E-state index in [1.807, 2.05) is 6.92 Å². The van der Waals surface area contributed by atoms with E-state index in [0.29, 0.717) is 44.1 Å². The number of amides is 1. The van der Waals surface area contributed by atoms with Crippen LogP contribution in [0.4, 0.5) is 5.00 Å². The number of benzene rings is 2. The molecule has 0 saturated heterocycles. The molecule has 1 aromatic heterocycles. The number of carbonyl (C=O) groups is 2. The van der Waals surface area contributed by atoms with E-state index < -0.39 is 5.97 Å². The van der Waals surface area contributed by atoms with Crippen molar-refractivity contribution in [3.05, 3.63) is 69.0 Å². The van der Waals surface area contributed by atoms with E-state index in [2.05, 4.69) is 5.32 Å². The molecule has 0 aliphatic rings. The first-order chi connectivity index (χ1) is 14.8. The molecule has 0 unspecified atom stereocenters. The summed E-state index contributed by atoms with van der Waals surface area (Å²) in [7, 11) is 0. The molecule has 1 amide bonds. The van der Waals surface area contributed by atoms with Crippen LogP contribution in [0.25, 0.3) is 11.1 Å². The number of ether oxygens (including phenoxy) is 2. The summed E-state index contributed by atoms with van der Waals surface area (Å²) >= 11 is 13.6. The predicted molar refractivity (Wildman–Crippen MR) is 126 cm³/mol. The second-order valence-corrected chi connectivity index (χ2v) is 8.57. The average molecular weight is 478 g/mol. The molecule has 1 N–H and O–H groups in total. The lowest BCUT2D eigenvalue weighted by Gasteiger charge is -2.12. The molecule has 3 rings (SSSR count). The van der Waals surface area contributed by atoms with Crippen LogP contribution in [0, 0.1) is 0 Å². The van der Waals surface area contributed by atoms with Crippen molar-refractivity contribution in [1.82, 2.24) is 0 Å². The van der Waals surface area contributed by atoms with Gasteiger partial charge in [-0.15, -0.1) is 11.3 Å². The van der Waals surface area contributed by atoms with Crippen LogP contribution in [-0.2, 0) is 4.74 Å². The Morgan fingerprint density at radius 2 is 1.87 bits per heavy atom. The van der Waals surface area contributed by atoms with Gasteiger partial charge in [0.25, 0.3) is 5.91 Å². The highest BCUT2D eigenvalue weighted by Crippen LogP contribution is 2.40. The van der Waals surface area contributed by atoms with Crippen molar-refractivity contribution in [3.8, 4) is 16.9 Å². The molecule has 8 heteroatoms. The lowest BCUT2D eigenvalue weighted by molar-refractivity contribution is 0.0380. The summed E-state index contributed by atoms with van der Waals surface area (Å²) in [5.41, 5.74) is 1.85. The van der Waals surface area contributed by atoms with Crippen LogP contribution in [-0.4, -0.2) is 24.6 Å². The Hall–Kier alpha value is -2.54. The van der Waals surface area contributed by atoms with Gasteiger partial charge in [-0.1, -0.05) is 35.3 Å². The Bertz CT molecular complexity index is 1110. The molecule has 0 saturated carbocycles. The summed E-state index contributed by atoms with van der Waals surface area (Å²) in [6.45, 7) is 5.88. The molecule has 3 aromatic rings. The monoisotopic (exact) mass is 477 g/mol. The topological polar surface area (TPSA) is 64.6 Å². The maximum Gasteiger partial charge on any atom is 0.342 e. The Balaban J connectivity index is 2.00. The molecule has 0 atom stereocenters. The molecule has 0 radical (unpaired) electrons. The van der Waals surface area contributed by atoms with Crippen LogP contribution in [0.3, 0.4) is 0 Å². The zero-order valence-corrected chi connectivity index (χ0v) is 19.5. The zero-order chi connectivity index (χ0) is 22.5. The van der Waals surface area contributed by atoms with Crippen molar-refractivity contribution >= 4 is 51.4 Å². The summed E-state index contributed by atoms with van der Waals surface area (Å²) in [5.74, 6) is -0.319. The molecule has 0 spiro atoms. The SMILES string of the molecule is CCOc1cccc(C(=O)Nc2scc(-c3ccc(Cl)cc3Cl)c2C(=O)OC(C)C)c1. The van der Waals surface area contributed by atoms with Crippen LogP contribution in [0.1, 0.15) is 41.5 Å². The van der Waals surface area contributed by atoms with Gasteiger partial charge >= 0.3 is 5.97 Å². The molecule has 2 aromatic carbocycles. The van der Waals surface area contributed by atoms with Crippen molar-refractivity contribution in [2.24, 2.45) is 0 Å². The number of rotatable bonds is 7. The summed E-state index contributed by atoms with van der Waals surface area (Å²) in [6.07, 6.45) is -0.327. The van der Waals surface area contributed by atoms with Crippen molar-refractivity contribution < 1.29 is 19.1 Å². The minimum absolute atomic E-state index is 0.247. The van der Waals surface area contributed by atoms with Gasteiger partial charge in [-0.2, -0.15) is 0 Å². The standard InChI is InChI=1S/C23H21Cl2NO4S/c1-4-29-16-7-5-6-14(10-16)21(27)26-22-20(23(28)30-13(2)3)18(12-31-22)17-9-8-15(24)11-19(17)25/h5-13H,4H2,1-3H3,(H,26,27). The Morgan fingerprint density at radius 3 is 2.55 bits per heavy atom. The van der Waals surface area contributed by atoms with E-state index in [0.717, 1.165) is 0 Å². The number of esters is 1. The molecule has 31 heavy (non-hydrogen) atoms. The Kier molecular flexibility index (Phi) is 7.59. The number of carbonyl (C=O) groups excluding carboxylic acids is 2. The van der Waals surface area contributed by atoms with Crippen molar-refractivity contribution in [3.63, 3.8) is 0 Å². The molecule has 162 valence electrons. The third-order valence-corrected chi connectivity index (χ3v) is 5.64. The van der Waals surface area contributed by atoms with E-state index in [1.165, 1.54) is 11.3 Å². The van der Waals surface area contributed by atoms with Crippen LogP contribution < -0.4 is 10.1 Å². The van der Waals surface area contributed by atoms with Gasteiger partial charge in [-0.05, 0) is 51.1 Å². The third-order valence-electron chi connectivity index (χ3n) is 4.19. The van der Waals surface area contributed by atoms with E-state index in [4.69, 9.17) is 32.7 Å². The van der Waals surface area contributed by atoms with Gasteiger partial charge in [0.05, 0.1) is 12.7 Å². The van der Waals surface area contributed by atoms with Gasteiger partial charge in [-0.25, -0.2) is 4.79 Å². The zero-order valence-electron chi connectivity index (χ0n) is 17.2. The highest BCUT2D eigenvalue weighted by atomic mass is 35.5. The normalized spacial score (nSPS) is 10.8. The van der Waals surface area contributed by atoms with Gasteiger partial charge in [0.15, 0.2) is 0 Å². The fraction of sp³-hybridized carbons (Fsp3) is 0.217. The minimum atomic E-state index is -0.546. The highest BCUT2D eigenvalue weighted by Gasteiger charge is 2.25. The lowest BCUT2D eigenvalue weighted by atomic mass is 10.0. The van der Waals surface area contributed by atoms with E-state index in [1.54, 1.807) is 61.7 Å². The van der Waals surface area contributed by atoms with Gasteiger partial charge in [0.2, 0.25) is 0 Å².